The van der Waals surface area contributed by atoms with Gasteiger partial charge in [0.25, 0.3) is 0 Å². The van der Waals surface area contributed by atoms with Gasteiger partial charge in [-0.15, -0.1) is 0 Å². The Morgan fingerprint density at radius 3 is 1.48 bits per heavy atom. The normalized spacial score (nSPS) is 19.7. The van der Waals surface area contributed by atoms with E-state index in [0.29, 0.717) is 11.4 Å². The van der Waals surface area contributed by atoms with Crippen LogP contribution in [0.15, 0.2) is 200 Å². The Morgan fingerprint density at radius 1 is 0.400 bits per heavy atom. The van der Waals surface area contributed by atoms with Crippen LogP contribution in [-0.2, 0) is 10.8 Å². The van der Waals surface area contributed by atoms with E-state index in [1.807, 2.05) is 65.6 Å². The van der Waals surface area contributed by atoms with Gasteiger partial charge in [0, 0.05) is 11.1 Å². The molecule has 0 saturated carbocycles. The maximum absolute atomic E-state index is 11.0. The zero-order valence-electron chi connectivity index (χ0n) is 47.3. The average molecular weight is 793 g/mol. The maximum Gasteiger partial charge on any atom is 0.182 e. The second-order valence-electron chi connectivity index (χ2n) is 16.8. The van der Waals surface area contributed by atoms with Crippen LogP contribution in [0.4, 0.5) is 17.1 Å². The number of benzene rings is 9. The Morgan fingerprint density at radius 2 is 0.883 bits per heavy atom. The highest BCUT2D eigenvalue weighted by molar-refractivity contribution is 7.24. The topological polar surface area (TPSA) is 3.24 Å². The third kappa shape index (κ3) is 3.65. The van der Waals surface area contributed by atoms with E-state index in [0.717, 1.165) is 55.6 Å². The molecule has 0 saturated heterocycles. The molecule has 0 N–H and O–H groups in total. The summed E-state index contributed by atoms with van der Waals surface area (Å²) in [5.74, 6) is 0. The highest BCUT2D eigenvalue weighted by Gasteiger charge is 2.56. The van der Waals surface area contributed by atoms with Crippen molar-refractivity contribution in [2.75, 3.05) is 4.90 Å². The second kappa shape index (κ2) is 11.2. The van der Waals surface area contributed by atoms with Crippen LogP contribution < -0.4 is 25.6 Å². The van der Waals surface area contributed by atoms with Crippen LogP contribution in [0.2, 0.25) is 0 Å². The van der Waals surface area contributed by atoms with Crippen molar-refractivity contribution in [1.82, 2.24) is 0 Å². The Labute approximate surface area is 373 Å². The molecular weight excluding hydrogens is 739 g/mol. The summed E-state index contributed by atoms with van der Waals surface area (Å²) in [5, 5.41) is -0.730. The quantitative estimate of drug-likeness (QED) is 0.150. The number of rotatable bonds is 1. The predicted octanol–water partition coefficient (Wildman–Crippen LogP) is 11.5. The summed E-state index contributed by atoms with van der Waals surface area (Å²) in [7, 11) is -5.08. The van der Waals surface area contributed by atoms with E-state index in [1.165, 1.54) is 0 Å². The maximum atomic E-state index is 11.0. The fraction of sp³-hybridized carbons (Fsp3) is 0.0690. The molecule has 14 rings (SSSR count). The first kappa shape index (κ1) is 21.8. The van der Waals surface area contributed by atoms with Crippen LogP contribution in [0.3, 0.4) is 0 Å². The summed E-state index contributed by atoms with van der Waals surface area (Å²) in [4.78, 5) is 1.83. The SMILES string of the molecule is [2H]c1c([2H])c([2H])c2c(c1[2H])-c1c([2H])c([2H])c([2H])c([2H])c1[Si]21c2c([2H])c([2H])c([2H])c([2H])c2-c2c([2H])c([2H])c(N3c4ccccc4C4(c5ccccc5-c5ccccc54)c4cc5c(cc43)C(C)(C)c3ccccc3-5)c([2H])c21. The first-order valence-electron chi connectivity index (χ1n) is 27.6. The van der Waals surface area contributed by atoms with Crippen molar-refractivity contribution in [3.05, 3.63) is 233 Å². The molecule has 0 bridgehead atoms. The third-order valence-corrected chi connectivity index (χ3v) is 18.4. The Kier molecular flexibility index (Phi) is 4.07. The van der Waals surface area contributed by atoms with Gasteiger partial charge in [0.05, 0.1) is 37.4 Å². The molecule has 0 atom stereocenters. The van der Waals surface area contributed by atoms with Crippen molar-refractivity contribution < 1.29 is 20.6 Å². The van der Waals surface area contributed by atoms with Gasteiger partial charge in [0.15, 0.2) is 8.07 Å². The minimum absolute atomic E-state index is 0.109. The summed E-state index contributed by atoms with van der Waals surface area (Å²) in [6.45, 7) is 4.32. The largest absolute Gasteiger partial charge is 0.310 e. The Bertz CT molecular complexity index is 4110. The van der Waals surface area contributed by atoms with Gasteiger partial charge in [0.2, 0.25) is 0 Å². The molecule has 2 heteroatoms. The number of hydrogen-bond acceptors (Lipinski definition) is 1. The van der Waals surface area contributed by atoms with Gasteiger partial charge in [-0.1, -0.05) is 183 Å². The van der Waals surface area contributed by atoms with Crippen LogP contribution in [0.25, 0.3) is 44.5 Å². The van der Waals surface area contributed by atoms with E-state index < -0.39 is 110 Å². The van der Waals surface area contributed by atoms with E-state index in [2.05, 4.69) is 62.4 Å². The molecule has 9 aromatic rings. The van der Waals surface area contributed by atoms with E-state index in [1.54, 1.807) is 0 Å². The molecule has 2 aliphatic carbocycles. The molecular formula is C58H39NSi. The minimum atomic E-state index is -5.08. The molecule has 0 unspecified atom stereocenters. The zero-order valence-corrected chi connectivity index (χ0v) is 33.3. The summed E-state index contributed by atoms with van der Waals surface area (Å²) in [6.07, 6.45) is 0. The summed E-state index contributed by atoms with van der Waals surface area (Å²) in [6, 6.07) is 27.7. The molecule has 0 fully saturated rings. The first-order chi connectivity index (χ1) is 35.8. The van der Waals surface area contributed by atoms with Gasteiger partial charge in [-0.2, -0.15) is 0 Å². The first-order valence-corrected chi connectivity index (χ1v) is 22.1. The fourth-order valence-corrected chi connectivity index (χ4v) is 16.4. The monoisotopic (exact) mass is 792 g/mol. The van der Waals surface area contributed by atoms with Crippen molar-refractivity contribution in [3.8, 4) is 44.5 Å². The highest BCUT2D eigenvalue weighted by atomic mass is 28.3. The molecule has 3 aliphatic heterocycles. The van der Waals surface area contributed by atoms with Crippen molar-refractivity contribution in [3.63, 3.8) is 0 Å². The summed E-state index contributed by atoms with van der Waals surface area (Å²) >= 11 is 0. The van der Waals surface area contributed by atoms with Crippen molar-refractivity contribution in [2.45, 2.75) is 24.7 Å². The standard InChI is InChI=1S/C58H39NSi/c1-57(2)45-23-9-3-19-39(45)44-34-50-52(35-49(44)57)59(51-27-13-12-26-48(51)58(50)46-24-10-4-17-37(46)38-18-5-11-25-47(38)58)36-31-32-43-42-22-8-16-30-55(42)60(56(43)33-36)53-28-14-6-20-40(53)41-21-7-15-29-54(41)60/h3-35H,1-2H3/i6D,7D,8D,14D,15D,16D,20D,21D,22D,28D,29D,30D,31D,32D,33D. The summed E-state index contributed by atoms with van der Waals surface area (Å²) < 4.78 is 144. The number of fused-ring (bicyclic) bond motifs is 22. The van der Waals surface area contributed by atoms with Crippen molar-refractivity contribution >= 4 is 45.9 Å². The minimum Gasteiger partial charge on any atom is -0.310 e. The van der Waals surface area contributed by atoms with Gasteiger partial charge in [0.1, 0.15) is 0 Å². The molecule has 60 heavy (non-hydrogen) atoms. The van der Waals surface area contributed by atoms with Gasteiger partial charge in [-0.05, 0) is 129 Å². The fourth-order valence-electron chi connectivity index (χ4n) is 11.6. The smallest absolute Gasteiger partial charge is 0.182 e. The molecule has 0 amide bonds. The third-order valence-electron chi connectivity index (χ3n) is 13.9. The second-order valence-corrected chi connectivity index (χ2v) is 20.3. The molecule has 0 radical (unpaired) electrons. The lowest BCUT2D eigenvalue weighted by Crippen LogP contribution is -2.70. The number of nitrogens with zero attached hydrogens (tertiary/aromatic N) is 1. The lowest BCUT2D eigenvalue weighted by Gasteiger charge is -2.46. The molecule has 9 aromatic carbocycles. The van der Waals surface area contributed by atoms with E-state index in [-0.39, 0.29) is 48.7 Å². The highest BCUT2D eigenvalue weighted by Crippen LogP contribution is 2.65. The van der Waals surface area contributed by atoms with Crippen LogP contribution in [0.1, 0.15) is 67.8 Å². The number of hydrogen-bond donors (Lipinski definition) is 0. The van der Waals surface area contributed by atoms with Crippen LogP contribution in [-0.4, -0.2) is 8.07 Å². The van der Waals surface area contributed by atoms with Gasteiger partial charge in [-0.3, -0.25) is 0 Å². The predicted molar refractivity (Wildman–Crippen MR) is 251 cm³/mol. The zero-order chi connectivity index (χ0) is 52.6. The van der Waals surface area contributed by atoms with Crippen molar-refractivity contribution in [1.29, 1.82) is 0 Å². The average Bonchev–Trinajstić information content (AvgIpc) is 4.23. The lowest BCUT2D eigenvalue weighted by molar-refractivity contribution is 0.658. The van der Waals surface area contributed by atoms with Gasteiger partial charge < -0.3 is 4.90 Å². The van der Waals surface area contributed by atoms with Gasteiger partial charge >= 0.3 is 0 Å². The lowest BCUT2D eigenvalue weighted by atomic mass is 9.64. The molecule has 2 spiro atoms. The van der Waals surface area contributed by atoms with Crippen LogP contribution in [0, 0.1) is 0 Å². The molecule has 3 heterocycles. The molecule has 1 nitrogen and oxygen atoms in total. The number of anilines is 3. The van der Waals surface area contributed by atoms with Crippen molar-refractivity contribution in [2.24, 2.45) is 0 Å². The Balaban J connectivity index is 1.20. The molecule has 0 aromatic heterocycles. The summed E-state index contributed by atoms with van der Waals surface area (Å²) in [5.41, 5.74) is 8.45. The van der Waals surface area contributed by atoms with Crippen LogP contribution >= 0.6 is 0 Å². The molecule has 5 aliphatic rings. The van der Waals surface area contributed by atoms with E-state index >= 15 is 0 Å². The van der Waals surface area contributed by atoms with E-state index in [9.17, 15) is 12.3 Å². The Hall–Kier alpha value is -7.00. The van der Waals surface area contributed by atoms with Gasteiger partial charge in [-0.25, -0.2) is 0 Å². The number of para-hydroxylation sites is 1. The van der Waals surface area contributed by atoms with E-state index in [4.69, 9.17) is 8.22 Å². The molecule has 280 valence electrons. The van der Waals surface area contributed by atoms with Crippen LogP contribution in [0.5, 0.6) is 0 Å².